The third-order valence-electron chi connectivity index (χ3n) is 1.17. The predicted molar refractivity (Wildman–Crippen MR) is 49.6 cm³/mol. The van der Waals surface area contributed by atoms with Crippen molar-refractivity contribution in [2.45, 2.75) is 12.8 Å². The first kappa shape index (κ1) is 23.9. The molecule has 3 heteroatoms. The molecule has 0 fully saturated rings. The first-order chi connectivity index (χ1) is 5.00. The zero-order valence-corrected chi connectivity index (χ0v) is 12.1. The van der Waals surface area contributed by atoms with Crippen LogP contribution in [0.15, 0.2) is 36.5 Å². The van der Waals surface area contributed by atoms with E-state index in [9.17, 15) is 0 Å². The van der Waals surface area contributed by atoms with E-state index in [1.807, 2.05) is 24.3 Å². The Balaban J connectivity index is -0.0000000556. The van der Waals surface area contributed by atoms with Crippen LogP contribution in [0.2, 0.25) is 0 Å². The molecule has 0 aromatic rings. The third-order valence-corrected chi connectivity index (χ3v) is 1.17. The Morgan fingerprint density at radius 2 is 1.14 bits per heavy atom. The molecule has 0 aromatic heterocycles. The van der Waals surface area contributed by atoms with Crippen molar-refractivity contribution in [2.75, 3.05) is 0 Å². The molecule has 0 saturated heterocycles. The number of rotatable bonds is 0. The van der Waals surface area contributed by atoms with Crippen molar-refractivity contribution >= 4 is 0 Å². The van der Waals surface area contributed by atoms with Crippen molar-refractivity contribution < 1.29 is 51.0 Å². The summed E-state index contributed by atoms with van der Waals surface area (Å²) >= 11 is 0. The molecule has 0 aliphatic heterocycles. The molecule has 0 spiro atoms. The van der Waals surface area contributed by atoms with Gasteiger partial charge in [0.15, 0.2) is 0 Å². The maximum atomic E-state index is 2.99. The van der Waals surface area contributed by atoms with Gasteiger partial charge in [-0.1, -0.05) is 0 Å². The molecule has 0 saturated carbocycles. The largest absolute Gasteiger partial charge is 2.00 e. The molecule has 0 bridgehead atoms. The van der Waals surface area contributed by atoms with Gasteiger partial charge in [0.25, 0.3) is 0 Å². The van der Waals surface area contributed by atoms with Crippen LogP contribution in [0.4, 0.5) is 0 Å². The molecular formula is C11H13Cl2Zr-3. The number of halogens is 2. The Hall–Kier alpha value is 0.423. The predicted octanol–water partition coefficient (Wildman–Crippen LogP) is -2.93. The SMILES string of the molecule is [C-]1=CC=CC1.[C-]1=CC=CC1.[CH3-].[Cl-].[Cl-].[Zr+2]. The normalized spacial score (nSPS) is 12.6. The fourth-order valence-corrected chi connectivity index (χ4v) is 0.680. The van der Waals surface area contributed by atoms with Crippen LogP contribution in [0.25, 0.3) is 0 Å². The van der Waals surface area contributed by atoms with E-state index in [0.717, 1.165) is 12.8 Å². The number of hydrogen-bond donors (Lipinski definition) is 0. The van der Waals surface area contributed by atoms with E-state index in [1.54, 1.807) is 0 Å². The van der Waals surface area contributed by atoms with Crippen molar-refractivity contribution in [3.05, 3.63) is 56.0 Å². The molecule has 78 valence electrons. The van der Waals surface area contributed by atoms with Crippen molar-refractivity contribution in [1.29, 1.82) is 0 Å². The second-order valence-electron chi connectivity index (χ2n) is 2.01. The van der Waals surface area contributed by atoms with Gasteiger partial charge in [-0.2, -0.15) is 12.2 Å². The summed E-state index contributed by atoms with van der Waals surface area (Å²) in [6.45, 7) is 0. The van der Waals surface area contributed by atoms with Gasteiger partial charge in [-0.3, -0.25) is 12.2 Å². The van der Waals surface area contributed by atoms with Crippen molar-refractivity contribution in [1.82, 2.24) is 0 Å². The molecule has 2 aliphatic rings. The first-order valence-electron chi connectivity index (χ1n) is 3.43. The molecule has 0 amide bonds. The van der Waals surface area contributed by atoms with Crippen LogP contribution in [0.1, 0.15) is 12.8 Å². The third kappa shape index (κ3) is 14.9. The number of allylic oxidation sites excluding steroid dienone is 8. The van der Waals surface area contributed by atoms with Gasteiger partial charge in [-0.05, 0) is 0 Å². The van der Waals surface area contributed by atoms with Crippen LogP contribution >= 0.6 is 0 Å². The molecule has 0 atom stereocenters. The molecule has 0 unspecified atom stereocenters. The molecule has 0 nitrogen and oxygen atoms in total. The summed E-state index contributed by atoms with van der Waals surface area (Å²) in [7, 11) is 0. The minimum absolute atomic E-state index is 0. The van der Waals surface area contributed by atoms with Gasteiger partial charge >= 0.3 is 26.2 Å². The fraction of sp³-hybridized carbons (Fsp3) is 0.182. The molecule has 0 heterocycles. The standard InChI is InChI=1S/2C5H5.CH3.2ClH.Zr/c2*1-2-4-5-3-1;;;;/h2*1-3H,4H2;1H3;2*1H;/q3*-1;;;+2/p-2. The molecule has 2 aliphatic carbocycles. The van der Waals surface area contributed by atoms with Gasteiger partial charge in [0.1, 0.15) is 0 Å². The maximum Gasteiger partial charge on any atom is 2.00 e. The van der Waals surface area contributed by atoms with Crippen molar-refractivity contribution in [3.8, 4) is 0 Å². The summed E-state index contributed by atoms with van der Waals surface area (Å²) in [6.07, 6.45) is 20.0. The minimum Gasteiger partial charge on any atom is -1.00 e. The van der Waals surface area contributed by atoms with Crippen LogP contribution < -0.4 is 24.8 Å². The monoisotopic (exact) mass is 305 g/mol. The fourth-order valence-electron chi connectivity index (χ4n) is 0.680. The first-order valence-corrected chi connectivity index (χ1v) is 3.43. The van der Waals surface area contributed by atoms with E-state index in [4.69, 9.17) is 0 Å². The average Bonchev–Trinajstić information content (AvgIpc) is 2.67. The van der Waals surface area contributed by atoms with Gasteiger partial charge in [-0.25, -0.2) is 24.3 Å². The van der Waals surface area contributed by atoms with Crippen molar-refractivity contribution in [2.24, 2.45) is 0 Å². The summed E-state index contributed by atoms with van der Waals surface area (Å²) in [6, 6.07) is 0. The Bertz CT molecular complexity index is 151. The zero-order chi connectivity index (χ0) is 7.07. The Kier molecular flexibility index (Phi) is 32.6. The van der Waals surface area contributed by atoms with E-state index >= 15 is 0 Å². The van der Waals surface area contributed by atoms with Crippen molar-refractivity contribution in [3.63, 3.8) is 0 Å². The molecule has 0 aromatic carbocycles. The quantitative estimate of drug-likeness (QED) is 0.420. The van der Waals surface area contributed by atoms with Gasteiger partial charge in [0.05, 0.1) is 0 Å². The minimum atomic E-state index is 0. The van der Waals surface area contributed by atoms with Gasteiger partial charge in [0.2, 0.25) is 0 Å². The molecule has 0 radical (unpaired) electrons. The van der Waals surface area contributed by atoms with Crippen LogP contribution in [0.5, 0.6) is 0 Å². The van der Waals surface area contributed by atoms with Gasteiger partial charge < -0.3 is 32.2 Å². The zero-order valence-electron chi connectivity index (χ0n) is 8.13. The van der Waals surface area contributed by atoms with Crippen LogP contribution in [0, 0.1) is 19.6 Å². The van der Waals surface area contributed by atoms with Crippen LogP contribution in [0.3, 0.4) is 0 Å². The molecule has 0 N–H and O–H groups in total. The van der Waals surface area contributed by atoms with E-state index in [1.165, 1.54) is 0 Å². The summed E-state index contributed by atoms with van der Waals surface area (Å²) in [5.74, 6) is 0. The molecule has 14 heavy (non-hydrogen) atoms. The maximum absolute atomic E-state index is 2.99. The number of hydrogen-bond acceptors (Lipinski definition) is 0. The second kappa shape index (κ2) is 19.1. The van der Waals surface area contributed by atoms with Crippen LogP contribution in [-0.2, 0) is 26.2 Å². The van der Waals surface area contributed by atoms with E-state index < -0.39 is 0 Å². The summed E-state index contributed by atoms with van der Waals surface area (Å²) in [5.41, 5.74) is 0. The van der Waals surface area contributed by atoms with Gasteiger partial charge in [-0.15, -0.1) is 12.8 Å². The summed E-state index contributed by atoms with van der Waals surface area (Å²) < 4.78 is 0. The summed E-state index contributed by atoms with van der Waals surface area (Å²) in [4.78, 5) is 0. The van der Waals surface area contributed by atoms with Gasteiger partial charge in [0, 0.05) is 0 Å². The van der Waals surface area contributed by atoms with E-state index in [0.29, 0.717) is 0 Å². The van der Waals surface area contributed by atoms with E-state index in [-0.39, 0.29) is 58.4 Å². The Morgan fingerprint density at radius 1 is 0.786 bits per heavy atom. The smallest absolute Gasteiger partial charge is 1.00 e. The average molecular weight is 307 g/mol. The molecular weight excluding hydrogens is 294 g/mol. The summed E-state index contributed by atoms with van der Waals surface area (Å²) in [5, 5.41) is 0. The topological polar surface area (TPSA) is 0 Å². The Morgan fingerprint density at radius 3 is 1.21 bits per heavy atom. The Labute approximate surface area is 119 Å². The molecule has 2 rings (SSSR count). The van der Waals surface area contributed by atoms with E-state index in [2.05, 4.69) is 24.3 Å². The second-order valence-corrected chi connectivity index (χ2v) is 2.01. The van der Waals surface area contributed by atoms with Crippen LogP contribution in [-0.4, -0.2) is 0 Å².